The van der Waals surface area contributed by atoms with Gasteiger partial charge < -0.3 is 0 Å². The van der Waals surface area contributed by atoms with Crippen LogP contribution in [-0.4, -0.2) is 11.6 Å². The minimum Gasteiger partial charge on any atom is -0.167 e. The maximum atomic E-state index is 12.0. The van der Waals surface area contributed by atoms with E-state index < -0.39 is 5.92 Å². The van der Waals surface area contributed by atoms with Crippen molar-refractivity contribution in [2.24, 2.45) is 0 Å². The molecule has 4 heteroatoms. The van der Waals surface area contributed by atoms with Gasteiger partial charge in [0.05, 0.1) is 0 Å². The molecule has 0 nitrogen and oxygen atoms in total. The fraction of sp³-hybridized carbons (Fsp3) is 1.00. The van der Waals surface area contributed by atoms with E-state index in [4.69, 9.17) is 0 Å². The normalized spacial score (nSPS) is 23.2. The largest absolute Gasteiger partial charge is 0.409 e. The highest BCUT2D eigenvalue weighted by Gasteiger charge is 2.32. The van der Waals surface area contributed by atoms with Gasteiger partial charge in [0, 0.05) is 8.58 Å². The number of rotatable bonds is 1. The van der Waals surface area contributed by atoms with Crippen LogP contribution in [0.15, 0.2) is 0 Å². The first-order valence-corrected chi connectivity index (χ1v) is 5.33. The Kier molecular flexibility index (Phi) is 3.82. The van der Waals surface area contributed by atoms with Crippen LogP contribution in [0.3, 0.4) is 0 Å². The molecule has 0 spiro atoms. The average Bonchev–Trinajstić information content (AvgIpc) is 2.12. The second kappa shape index (κ2) is 4.45. The Balaban J connectivity index is 2.30. The van der Waals surface area contributed by atoms with Crippen LogP contribution >= 0.6 is 8.58 Å². The van der Waals surface area contributed by atoms with Crippen LogP contribution in [0.4, 0.5) is 13.2 Å². The van der Waals surface area contributed by atoms with Crippen LogP contribution in [0.5, 0.6) is 0 Å². The molecule has 1 radical (unpaired) electrons. The lowest BCUT2D eigenvalue weighted by Gasteiger charge is -2.14. The zero-order valence-electron chi connectivity index (χ0n) is 6.90. The van der Waals surface area contributed by atoms with Crippen molar-refractivity contribution in [1.29, 1.82) is 0 Å². The van der Waals surface area contributed by atoms with Crippen molar-refractivity contribution in [1.82, 2.24) is 0 Å². The molecule has 0 aromatic carbocycles. The molecule has 0 aromatic rings. The van der Waals surface area contributed by atoms with E-state index in [9.17, 15) is 13.2 Å². The Bertz CT molecular complexity index is 125. The molecule has 0 atom stereocenters. The lowest BCUT2D eigenvalue weighted by Crippen LogP contribution is -2.08. The molecule has 0 N–H and O–H groups in total. The molecule has 0 unspecified atom stereocenters. The van der Waals surface area contributed by atoms with E-state index in [0.717, 1.165) is 38.5 Å². The fourth-order valence-electron chi connectivity index (χ4n) is 1.59. The molecule has 0 aliphatic heterocycles. The average molecular weight is 197 g/mol. The van der Waals surface area contributed by atoms with Crippen LogP contribution in [0.1, 0.15) is 38.5 Å². The molecule has 1 rings (SSSR count). The highest BCUT2D eigenvalue weighted by atomic mass is 31.1. The third-order valence-corrected chi connectivity index (χ3v) is 3.33. The summed E-state index contributed by atoms with van der Waals surface area (Å²) in [7, 11) is -0.311. The van der Waals surface area contributed by atoms with Gasteiger partial charge in [-0.1, -0.05) is 25.7 Å². The predicted molar refractivity (Wildman–Crippen MR) is 44.5 cm³/mol. The molecular weight excluding hydrogens is 184 g/mol. The first-order chi connectivity index (χ1) is 5.58. The number of hydrogen-bond donors (Lipinski definition) is 0. The summed E-state index contributed by atoms with van der Waals surface area (Å²) >= 11 is 0. The number of hydrogen-bond acceptors (Lipinski definition) is 0. The van der Waals surface area contributed by atoms with Gasteiger partial charge in [0.1, 0.15) is 0 Å². The molecular formula is C8H13F3P. The van der Waals surface area contributed by atoms with Crippen LogP contribution in [0, 0.1) is 0 Å². The molecule has 1 aliphatic carbocycles. The maximum absolute atomic E-state index is 12.0. The summed E-state index contributed by atoms with van der Waals surface area (Å²) in [6.07, 6.45) is 5.72. The topological polar surface area (TPSA) is 0 Å². The lowest BCUT2D eigenvalue weighted by molar-refractivity contribution is -0.0379. The Hall–Kier alpha value is 0.220. The van der Waals surface area contributed by atoms with Crippen molar-refractivity contribution in [3.05, 3.63) is 0 Å². The van der Waals surface area contributed by atoms with Gasteiger partial charge in [0.25, 0.3) is 0 Å². The summed E-state index contributed by atoms with van der Waals surface area (Å²) in [5, 5.41) is 0. The molecule has 71 valence electrons. The summed E-state index contributed by atoms with van der Waals surface area (Å²) in [5.41, 5.74) is -0.118. The molecule has 0 amide bonds. The van der Waals surface area contributed by atoms with Crippen molar-refractivity contribution in [3.63, 3.8) is 0 Å². The minimum absolute atomic E-state index is 0.118. The first kappa shape index (κ1) is 10.3. The van der Waals surface area contributed by atoms with Crippen LogP contribution in [0.25, 0.3) is 0 Å². The third kappa shape index (κ3) is 4.30. The van der Waals surface area contributed by atoms with Gasteiger partial charge in [-0.15, -0.1) is 0 Å². The highest BCUT2D eigenvalue weighted by Crippen LogP contribution is 2.44. The van der Waals surface area contributed by atoms with E-state index in [2.05, 4.69) is 0 Å². The van der Waals surface area contributed by atoms with E-state index in [1.807, 2.05) is 0 Å². The SMILES string of the molecule is FC(F)(F)[P]C1CCCCCC1. The highest BCUT2D eigenvalue weighted by molar-refractivity contribution is 7.40. The Labute approximate surface area is 72.7 Å². The fourth-order valence-corrected chi connectivity index (χ4v) is 2.63. The third-order valence-electron chi connectivity index (χ3n) is 2.15. The predicted octanol–water partition coefficient (Wildman–Crippen LogP) is 4.18. The van der Waals surface area contributed by atoms with E-state index in [0.29, 0.717) is 0 Å². The van der Waals surface area contributed by atoms with Gasteiger partial charge in [0.2, 0.25) is 0 Å². The number of halogens is 3. The first-order valence-electron chi connectivity index (χ1n) is 4.37. The lowest BCUT2D eigenvalue weighted by atomic mass is 10.2. The summed E-state index contributed by atoms with van der Waals surface area (Å²) in [6, 6.07) is 0. The van der Waals surface area contributed by atoms with Crippen LogP contribution < -0.4 is 0 Å². The smallest absolute Gasteiger partial charge is 0.167 e. The molecule has 0 heterocycles. The molecule has 12 heavy (non-hydrogen) atoms. The van der Waals surface area contributed by atoms with Gasteiger partial charge in [-0.05, 0) is 18.5 Å². The second-order valence-corrected chi connectivity index (χ2v) is 4.74. The summed E-state index contributed by atoms with van der Waals surface area (Å²) in [6.45, 7) is 0. The Morgan fingerprint density at radius 1 is 0.917 bits per heavy atom. The molecule has 1 saturated carbocycles. The van der Waals surface area contributed by atoms with E-state index in [1.165, 1.54) is 0 Å². The molecule has 0 saturated heterocycles. The van der Waals surface area contributed by atoms with Gasteiger partial charge in [-0.3, -0.25) is 0 Å². The van der Waals surface area contributed by atoms with Crippen molar-refractivity contribution in [3.8, 4) is 0 Å². The quantitative estimate of drug-likeness (QED) is 0.437. The van der Waals surface area contributed by atoms with Crippen molar-refractivity contribution in [2.45, 2.75) is 50.1 Å². The molecule has 1 aliphatic rings. The van der Waals surface area contributed by atoms with Gasteiger partial charge in [-0.2, -0.15) is 13.2 Å². The van der Waals surface area contributed by atoms with Gasteiger partial charge >= 0.3 is 5.92 Å². The van der Waals surface area contributed by atoms with Crippen molar-refractivity contribution >= 4 is 8.58 Å². The van der Waals surface area contributed by atoms with Crippen molar-refractivity contribution < 1.29 is 13.2 Å². The molecule has 0 bridgehead atoms. The molecule has 0 aromatic heterocycles. The summed E-state index contributed by atoms with van der Waals surface area (Å²) in [5.74, 6) is -3.98. The van der Waals surface area contributed by atoms with E-state index >= 15 is 0 Å². The van der Waals surface area contributed by atoms with E-state index in [-0.39, 0.29) is 14.2 Å². The van der Waals surface area contributed by atoms with E-state index in [1.54, 1.807) is 0 Å². The second-order valence-electron chi connectivity index (χ2n) is 3.24. The standard InChI is InChI=1S/C8H13F3P/c9-8(10,11)12-7-5-3-1-2-4-6-7/h7H,1-6H2. The zero-order chi connectivity index (χ0) is 9.03. The Morgan fingerprint density at radius 2 is 1.42 bits per heavy atom. The van der Waals surface area contributed by atoms with Crippen LogP contribution in [-0.2, 0) is 0 Å². The summed E-state index contributed by atoms with van der Waals surface area (Å²) < 4.78 is 35.9. The maximum Gasteiger partial charge on any atom is 0.409 e. The summed E-state index contributed by atoms with van der Waals surface area (Å²) in [4.78, 5) is 0. The Morgan fingerprint density at radius 3 is 1.83 bits per heavy atom. The van der Waals surface area contributed by atoms with Gasteiger partial charge in [0.15, 0.2) is 0 Å². The monoisotopic (exact) mass is 197 g/mol. The zero-order valence-corrected chi connectivity index (χ0v) is 7.80. The van der Waals surface area contributed by atoms with Crippen molar-refractivity contribution in [2.75, 3.05) is 0 Å². The van der Waals surface area contributed by atoms with Crippen LogP contribution in [0.2, 0.25) is 0 Å². The number of alkyl halides is 3. The minimum atomic E-state index is -3.98. The molecule has 1 fully saturated rings. The van der Waals surface area contributed by atoms with Gasteiger partial charge in [-0.25, -0.2) is 0 Å².